The van der Waals surface area contributed by atoms with Gasteiger partial charge in [-0.1, -0.05) is 13.0 Å². The molecule has 1 aliphatic rings. The molecule has 2 atom stereocenters. The predicted molar refractivity (Wildman–Crippen MR) is 91.4 cm³/mol. The van der Waals surface area contributed by atoms with Crippen molar-refractivity contribution in [2.45, 2.75) is 32.2 Å². The number of piperidine rings is 1. The third kappa shape index (κ3) is 3.11. The lowest BCUT2D eigenvalue weighted by atomic mass is 9.87. The van der Waals surface area contributed by atoms with Gasteiger partial charge in [0, 0.05) is 25.0 Å². The summed E-state index contributed by atoms with van der Waals surface area (Å²) in [4.78, 5) is 17.4. The van der Waals surface area contributed by atoms with Crippen LogP contribution in [0.5, 0.6) is 0 Å². The van der Waals surface area contributed by atoms with Crippen molar-refractivity contribution in [2.24, 2.45) is 5.92 Å². The van der Waals surface area contributed by atoms with Gasteiger partial charge in [0.1, 0.15) is 5.82 Å². The van der Waals surface area contributed by atoms with Crippen molar-refractivity contribution in [3.8, 4) is 11.1 Å². The number of hydrogen-bond acceptors (Lipinski definition) is 3. The molecule has 4 nitrogen and oxygen atoms in total. The summed E-state index contributed by atoms with van der Waals surface area (Å²) in [5.74, 6) is -1.54. The molecule has 0 spiro atoms. The number of hydrogen-bond donors (Lipinski definition) is 1. The molecule has 1 aliphatic heterocycles. The highest BCUT2D eigenvalue weighted by molar-refractivity contribution is 5.73. The SMILES string of the molecule is CCC1[C@@H](C(=O)O)CCCN1c1ccc(-c2ccncc2)cc1F. The number of rotatable bonds is 4. The van der Waals surface area contributed by atoms with E-state index in [1.165, 1.54) is 6.07 Å². The maximum Gasteiger partial charge on any atom is 0.308 e. The summed E-state index contributed by atoms with van der Waals surface area (Å²) < 4.78 is 14.8. The number of aromatic nitrogens is 1. The summed E-state index contributed by atoms with van der Waals surface area (Å²) in [6.07, 6.45) is 5.45. The van der Waals surface area contributed by atoms with E-state index in [0.29, 0.717) is 25.1 Å². The number of carboxylic acids is 1. The number of carbonyl (C=O) groups is 1. The fourth-order valence-corrected chi connectivity index (χ4v) is 3.61. The van der Waals surface area contributed by atoms with Crippen LogP contribution in [0.15, 0.2) is 42.7 Å². The number of nitrogens with zero attached hydrogens (tertiary/aromatic N) is 2. The van der Waals surface area contributed by atoms with Crippen LogP contribution in [-0.4, -0.2) is 28.6 Å². The summed E-state index contributed by atoms with van der Waals surface area (Å²) in [6, 6.07) is 8.66. The third-order valence-electron chi connectivity index (χ3n) is 4.79. The number of benzene rings is 1. The van der Waals surface area contributed by atoms with Gasteiger partial charge in [0.25, 0.3) is 0 Å². The van der Waals surface area contributed by atoms with Gasteiger partial charge in [-0.25, -0.2) is 4.39 Å². The van der Waals surface area contributed by atoms with Crippen molar-refractivity contribution in [1.29, 1.82) is 0 Å². The van der Waals surface area contributed by atoms with Crippen LogP contribution in [0.3, 0.4) is 0 Å². The molecule has 0 bridgehead atoms. The van der Waals surface area contributed by atoms with E-state index in [4.69, 9.17) is 0 Å². The molecule has 1 saturated heterocycles. The molecule has 0 amide bonds. The number of pyridine rings is 1. The Kier molecular flexibility index (Phi) is 4.79. The Hall–Kier alpha value is -2.43. The molecule has 2 aromatic rings. The third-order valence-corrected chi connectivity index (χ3v) is 4.79. The van der Waals surface area contributed by atoms with Crippen molar-refractivity contribution in [2.75, 3.05) is 11.4 Å². The molecular formula is C19H21FN2O2. The Labute approximate surface area is 141 Å². The maximum absolute atomic E-state index is 14.8. The molecule has 126 valence electrons. The standard InChI is InChI=1S/C19H21FN2O2/c1-2-17-15(19(23)24)4-3-11-22(17)18-6-5-14(12-16(18)20)13-7-9-21-10-8-13/h5-10,12,15,17H,2-4,11H2,1H3,(H,23,24)/t15-,17?/m0/s1. The molecular weight excluding hydrogens is 307 g/mol. The molecule has 3 rings (SSSR count). The highest BCUT2D eigenvalue weighted by atomic mass is 19.1. The van der Waals surface area contributed by atoms with Crippen molar-refractivity contribution in [3.63, 3.8) is 0 Å². The van der Waals surface area contributed by atoms with Gasteiger partial charge in [0.2, 0.25) is 0 Å². The van der Waals surface area contributed by atoms with E-state index >= 15 is 0 Å². The van der Waals surface area contributed by atoms with E-state index in [1.807, 2.05) is 30.0 Å². The minimum atomic E-state index is -0.791. The highest BCUT2D eigenvalue weighted by Gasteiger charge is 2.35. The molecule has 1 aromatic heterocycles. The zero-order chi connectivity index (χ0) is 17.1. The van der Waals surface area contributed by atoms with Crippen LogP contribution in [0.2, 0.25) is 0 Å². The lowest BCUT2D eigenvalue weighted by molar-refractivity contribution is -0.143. The van der Waals surface area contributed by atoms with Crippen LogP contribution in [0.25, 0.3) is 11.1 Å². The van der Waals surface area contributed by atoms with Gasteiger partial charge in [-0.15, -0.1) is 0 Å². The Morgan fingerprint density at radius 1 is 1.29 bits per heavy atom. The summed E-state index contributed by atoms with van der Waals surface area (Å²) in [7, 11) is 0. The van der Waals surface area contributed by atoms with Crippen molar-refractivity contribution in [3.05, 3.63) is 48.5 Å². The number of carboxylic acid groups (broad SMARTS) is 1. The van der Waals surface area contributed by atoms with E-state index in [2.05, 4.69) is 4.98 Å². The summed E-state index contributed by atoms with van der Waals surface area (Å²) in [5.41, 5.74) is 2.19. The zero-order valence-electron chi connectivity index (χ0n) is 13.7. The van der Waals surface area contributed by atoms with Gasteiger partial charge in [-0.2, -0.15) is 0 Å². The second-order valence-electron chi connectivity index (χ2n) is 6.16. The molecule has 0 radical (unpaired) electrons. The minimum absolute atomic E-state index is 0.169. The minimum Gasteiger partial charge on any atom is -0.481 e. The first kappa shape index (κ1) is 16.4. The predicted octanol–water partition coefficient (Wildman–Crippen LogP) is 3.97. The van der Waals surface area contributed by atoms with Crippen LogP contribution >= 0.6 is 0 Å². The molecule has 1 N–H and O–H groups in total. The van der Waals surface area contributed by atoms with E-state index in [0.717, 1.165) is 17.5 Å². The topological polar surface area (TPSA) is 53.4 Å². The quantitative estimate of drug-likeness (QED) is 0.923. The Balaban J connectivity index is 1.92. The van der Waals surface area contributed by atoms with Crippen LogP contribution < -0.4 is 4.90 Å². The van der Waals surface area contributed by atoms with Gasteiger partial charge < -0.3 is 10.0 Å². The Morgan fingerprint density at radius 2 is 2.04 bits per heavy atom. The first-order valence-corrected chi connectivity index (χ1v) is 8.31. The monoisotopic (exact) mass is 328 g/mol. The molecule has 0 aliphatic carbocycles. The summed E-state index contributed by atoms with van der Waals surface area (Å²) in [6.45, 7) is 2.65. The van der Waals surface area contributed by atoms with Gasteiger partial charge >= 0.3 is 5.97 Å². The van der Waals surface area contributed by atoms with Crippen molar-refractivity contribution in [1.82, 2.24) is 4.98 Å². The maximum atomic E-state index is 14.8. The van der Waals surface area contributed by atoms with Crippen LogP contribution in [0, 0.1) is 11.7 Å². The second kappa shape index (κ2) is 6.99. The summed E-state index contributed by atoms with van der Waals surface area (Å²) >= 11 is 0. The smallest absolute Gasteiger partial charge is 0.308 e. The summed E-state index contributed by atoms with van der Waals surface area (Å²) in [5, 5.41) is 9.44. The van der Waals surface area contributed by atoms with Crippen LogP contribution in [-0.2, 0) is 4.79 Å². The fourth-order valence-electron chi connectivity index (χ4n) is 3.61. The lowest BCUT2D eigenvalue weighted by Gasteiger charge is -2.41. The molecule has 0 saturated carbocycles. The highest BCUT2D eigenvalue weighted by Crippen LogP contribution is 2.34. The number of aliphatic carboxylic acids is 1. The molecule has 24 heavy (non-hydrogen) atoms. The lowest BCUT2D eigenvalue weighted by Crippen LogP contribution is -2.48. The number of halogens is 1. The molecule has 5 heteroatoms. The van der Waals surface area contributed by atoms with E-state index < -0.39 is 11.9 Å². The molecule has 1 unspecified atom stereocenters. The van der Waals surface area contributed by atoms with Crippen molar-refractivity contribution < 1.29 is 14.3 Å². The van der Waals surface area contributed by atoms with Crippen LogP contribution in [0.1, 0.15) is 26.2 Å². The van der Waals surface area contributed by atoms with E-state index in [1.54, 1.807) is 18.5 Å². The van der Waals surface area contributed by atoms with Crippen LogP contribution in [0.4, 0.5) is 10.1 Å². The molecule has 2 heterocycles. The largest absolute Gasteiger partial charge is 0.481 e. The Morgan fingerprint density at radius 3 is 2.67 bits per heavy atom. The normalized spacial score (nSPS) is 20.8. The fraction of sp³-hybridized carbons (Fsp3) is 0.368. The van der Waals surface area contributed by atoms with Gasteiger partial charge in [-0.3, -0.25) is 9.78 Å². The van der Waals surface area contributed by atoms with E-state index in [-0.39, 0.29) is 11.9 Å². The molecule has 1 aromatic carbocycles. The van der Waals surface area contributed by atoms with E-state index in [9.17, 15) is 14.3 Å². The molecule has 1 fully saturated rings. The average molecular weight is 328 g/mol. The Bertz CT molecular complexity index is 721. The number of anilines is 1. The first-order valence-electron chi connectivity index (χ1n) is 8.31. The zero-order valence-corrected chi connectivity index (χ0v) is 13.7. The van der Waals surface area contributed by atoms with Gasteiger partial charge in [0.05, 0.1) is 11.6 Å². The van der Waals surface area contributed by atoms with Gasteiger partial charge in [-0.05, 0) is 54.7 Å². The second-order valence-corrected chi connectivity index (χ2v) is 6.16. The van der Waals surface area contributed by atoms with Gasteiger partial charge in [0.15, 0.2) is 0 Å². The average Bonchev–Trinajstić information content (AvgIpc) is 2.61. The first-order chi connectivity index (χ1) is 11.6. The van der Waals surface area contributed by atoms with Crippen molar-refractivity contribution >= 4 is 11.7 Å².